The van der Waals surface area contributed by atoms with Crippen LogP contribution in [0.2, 0.25) is 0 Å². The second-order valence-corrected chi connectivity index (χ2v) is 5.84. The number of benzene rings is 3. The lowest BCUT2D eigenvalue weighted by atomic mass is 10.0. The SMILES string of the molecule is [Br-].c1ccc2c(C[n+]3csc4ccccc43)cccc2c1. The predicted molar refractivity (Wildman–Crippen MR) is 85.1 cm³/mol. The van der Waals surface area contributed by atoms with E-state index in [1.807, 2.05) is 0 Å². The molecule has 3 aromatic carbocycles. The fourth-order valence-electron chi connectivity index (χ4n) is 2.71. The molecule has 0 saturated carbocycles. The van der Waals surface area contributed by atoms with Crippen LogP contribution < -0.4 is 21.5 Å². The number of hydrogen-bond donors (Lipinski definition) is 0. The van der Waals surface area contributed by atoms with Gasteiger partial charge >= 0.3 is 0 Å². The zero-order valence-corrected chi connectivity index (χ0v) is 13.8. The number of hydrogen-bond acceptors (Lipinski definition) is 1. The van der Waals surface area contributed by atoms with Crippen LogP contribution in [0.5, 0.6) is 0 Å². The van der Waals surface area contributed by atoms with Gasteiger partial charge in [-0.15, -0.1) is 0 Å². The first-order valence-electron chi connectivity index (χ1n) is 6.74. The number of para-hydroxylation sites is 1. The van der Waals surface area contributed by atoms with Gasteiger partial charge < -0.3 is 17.0 Å². The molecule has 3 heteroatoms. The number of thiazole rings is 1. The van der Waals surface area contributed by atoms with E-state index >= 15 is 0 Å². The molecule has 0 aliphatic heterocycles. The lowest BCUT2D eigenvalue weighted by Gasteiger charge is -2.03. The molecule has 0 N–H and O–H groups in total. The van der Waals surface area contributed by atoms with Gasteiger partial charge in [0.05, 0.1) is 0 Å². The summed E-state index contributed by atoms with van der Waals surface area (Å²) >= 11 is 1.80. The quantitative estimate of drug-likeness (QED) is 0.478. The predicted octanol–water partition coefficient (Wildman–Crippen LogP) is 1.39. The smallest absolute Gasteiger partial charge is 0.226 e. The first-order chi connectivity index (χ1) is 9.92. The Morgan fingerprint density at radius 3 is 2.52 bits per heavy atom. The fraction of sp³-hybridized carbons (Fsp3) is 0.0556. The molecule has 104 valence electrons. The maximum absolute atomic E-state index is 2.34. The van der Waals surface area contributed by atoms with Crippen molar-refractivity contribution in [1.82, 2.24) is 0 Å². The molecule has 0 fully saturated rings. The zero-order chi connectivity index (χ0) is 13.4. The Bertz CT molecular complexity index is 892. The van der Waals surface area contributed by atoms with Crippen molar-refractivity contribution in [1.29, 1.82) is 0 Å². The van der Waals surface area contributed by atoms with Crippen LogP contribution in [0, 0.1) is 0 Å². The summed E-state index contributed by atoms with van der Waals surface area (Å²) in [6.07, 6.45) is 0. The minimum Gasteiger partial charge on any atom is -1.00 e. The van der Waals surface area contributed by atoms with Crippen molar-refractivity contribution in [3.05, 3.63) is 77.8 Å². The molecule has 1 nitrogen and oxygen atoms in total. The topological polar surface area (TPSA) is 3.88 Å². The van der Waals surface area contributed by atoms with Gasteiger partial charge in [0.15, 0.2) is 6.54 Å². The van der Waals surface area contributed by atoms with Crippen LogP contribution in [0.4, 0.5) is 0 Å². The summed E-state index contributed by atoms with van der Waals surface area (Å²) in [5.41, 5.74) is 4.90. The molecular weight excluding hydrogens is 342 g/mol. The Morgan fingerprint density at radius 2 is 1.57 bits per heavy atom. The molecule has 1 heterocycles. The molecule has 21 heavy (non-hydrogen) atoms. The highest BCUT2D eigenvalue weighted by molar-refractivity contribution is 7.16. The zero-order valence-electron chi connectivity index (χ0n) is 11.4. The van der Waals surface area contributed by atoms with Gasteiger partial charge in [0.2, 0.25) is 11.0 Å². The third kappa shape index (κ3) is 2.59. The van der Waals surface area contributed by atoms with E-state index in [-0.39, 0.29) is 17.0 Å². The van der Waals surface area contributed by atoms with Crippen molar-refractivity contribution in [3.8, 4) is 0 Å². The Balaban J connectivity index is 0.00000132. The standard InChI is InChI=1S/C18H14NS.BrH/c1-2-9-16-14(6-1)7-5-8-15(16)12-19-13-20-18-11-4-3-10-17(18)19;/h1-11,13H,12H2;1H/q+1;/p-1. The fourth-order valence-corrected chi connectivity index (χ4v) is 3.60. The van der Waals surface area contributed by atoms with E-state index in [0.717, 1.165) is 6.54 Å². The molecule has 0 amide bonds. The number of halogens is 1. The van der Waals surface area contributed by atoms with Gasteiger partial charge in [0.1, 0.15) is 4.70 Å². The van der Waals surface area contributed by atoms with Crippen molar-refractivity contribution >= 4 is 32.3 Å². The van der Waals surface area contributed by atoms with Crippen molar-refractivity contribution < 1.29 is 21.5 Å². The lowest BCUT2D eigenvalue weighted by Crippen LogP contribution is -3.00. The van der Waals surface area contributed by atoms with E-state index in [1.54, 1.807) is 11.3 Å². The van der Waals surface area contributed by atoms with Crippen LogP contribution in [0.1, 0.15) is 5.56 Å². The average Bonchev–Trinajstić information content (AvgIpc) is 2.91. The molecule has 0 aliphatic carbocycles. The molecular formula is C18H14BrNS. The first-order valence-corrected chi connectivity index (χ1v) is 7.62. The minimum atomic E-state index is 0. The van der Waals surface area contributed by atoms with E-state index < -0.39 is 0 Å². The summed E-state index contributed by atoms with van der Waals surface area (Å²) in [6, 6.07) is 23.7. The van der Waals surface area contributed by atoms with Gasteiger partial charge in [0.25, 0.3) is 0 Å². The summed E-state index contributed by atoms with van der Waals surface area (Å²) in [6.45, 7) is 0.922. The van der Waals surface area contributed by atoms with Crippen molar-refractivity contribution in [2.24, 2.45) is 0 Å². The van der Waals surface area contributed by atoms with Crippen LogP contribution in [-0.2, 0) is 6.54 Å². The minimum absolute atomic E-state index is 0. The first kappa shape index (κ1) is 14.2. The summed E-state index contributed by atoms with van der Waals surface area (Å²) in [4.78, 5) is 0. The largest absolute Gasteiger partial charge is 1.00 e. The third-order valence-electron chi connectivity index (χ3n) is 3.70. The number of rotatable bonds is 2. The van der Waals surface area contributed by atoms with Gasteiger partial charge in [-0.3, -0.25) is 0 Å². The van der Waals surface area contributed by atoms with E-state index in [1.165, 1.54) is 26.6 Å². The summed E-state index contributed by atoms with van der Waals surface area (Å²) in [7, 11) is 0. The van der Waals surface area contributed by atoms with E-state index in [9.17, 15) is 0 Å². The summed E-state index contributed by atoms with van der Waals surface area (Å²) in [5, 5.41) is 2.66. The van der Waals surface area contributed by atoms with Gasteiger partial charge in [-0.05, 0) is 16.8 Å². The number of aromatic nitrogens is 1. The molecule has 0 unspecified atom stereocenters. The molecule has 4 rings (SSSR count). The van der Waals surface area contributed by atoms with Crippen molar-refractivity contribution in [2.45, 2.75) is 6.54 Å². The highest BCUT2D eigenvalue weighted by Gasteiger charge is 2.12. The number of nitrogens with zero attached hydrogens (tertiary/aromatic N) is 1. The van der Waals surface area contributed by atoms with Gasteiger partial charge in [-0.1, -0.05) is 65.9 Å². The Kier molecular flexibility index (Phi) is 4.04. The normalized spacial score (nSPS) is 10.7. The molecule has 4 aromatic rings. The lowest BCUT2D eigenvalue weighted by molar-refractivity contribution is -0.657. The molecule has 0 atom stereocenters. The number of fused-ring (bicyclic) bond motifs is 2. The Labute approximate surface area is 138 Å². The van der Waals surface area contributed by atoms with Gasteiger partial charge in [-0.2, -0.15) is 4.57 Å². The molecule has 0 bridgehead atoms. The van der Waals surface area contributed by atoms with Crippen molar-refractivity contribution in [2.75, 3.05) is 0 Å². The van der Waals surface area contributed by atoms with Gasteiger partial charge in [0, 0.05) is 11.6 Å². The third-order valence-corrected chi connectivity index (χ3v) is 4.66. The second-order valence-electron chi connectivity index (χ2n) is 4.96. The summed E-state index contributed by atoms with van der Waals surface area (Å²) < 4.78 is 3.68. The van der Waals surface area contributed by atoms with Crippen molar-refractivity contribution in [3.63, 3.8) is 0 Å². The molecule has 0 spiro atoms. The van der Waals surface area contributed by atoms with E-state index in [2.05, 4.69) is 76.8 Å². The van der Waals surface area contributed by atoms with E-state index in [0.29, 0.717) is 0 Å². The van der Waals surface area contributed by atoms with E-state index in [4.69, 9.17) is 0 Å². The molecule has 0 radical (unpaired) electrons. The van der Waals surface area contributed by atoms with Crippen LogP contribution in [0.15, 0.2) is 72.2 Å². The van der Waals surface area contributed by atoms with Crippen LogP contribution in [-0.4, -0.2) is 0 Å². The molecule has 1 aromatic heterocycles. The molecule has 0 saturated heterocycles. The summed E-state index contributed by atoms with van der Waals surface area (Å²) in [5.74, 6) is 0. The monoisotopic (exact) mass is 355 g/mol. The van der Waals surface area contributed by atoms with Gasteiger partial charge in [-0.25, -0.2) is 0 Å². The van der Waals surface area contributed by atoms with Crippen LogP contribution in [0.25, 0.3) is 21.0 Å². The Morgan fingerprint density at radius 1 is 0.810 bits per heavy atom. The Hall–Kier alpha value is -1.71. The van der Waals surface area contributed by atoms with Crippen LogP contribution in [0.3, 0.4) is 0 Å². The maximum atomic E-state index is 2.34. The second kappa shape index (κ2) is 5.96. The highest BCUT2D eigenvalue weighted by Crippen LogP contribution is 2.20. The average molecular weight is 356 g/mol. The van der Waals surface area contributed by atoms with Crippen LogP contribution >= 0.6 is 11.3 Å². The molecule has 0 aliphatic rings. The highest BCUT2D eigenvalue weighted by atomic mass is 79.9. The maximum Gasteiger partial charge on any atom is 0.226 e.